The summed E-state index contributed by atoms with van der Waals surface area (Å²) in [6.07, 6.45) is 3.27. The molecular formula is C18H25N3O4. The van der Waals surface area contributed by atoms with E-state index in [0.717, 1.165) is 0 Å². The lowest BCUT2D eigenvalue weighted by Crippen LogP contribution is -2.45. The zero-order chi connectivity index (χ0) is 18.2. The van der Waals surface area contributed by atoms with Gasteiger partial charge >= 0.3 is 0 Å². The molecule has 0 bridgehead atoms. The Labute approximate surface area is 147 Å². The molecule has 1 unspecified atom stereocenters. The molecule has 7 heteroatoms. The highest BCUT2D eigenvalue weighted by Crippen LogP contribution is 2.35. The molecule has 0 aromatic carbocycles. The van der Waals surface area contributed by atoms with Gasteiger partial charge in [0, 0.05) is 57.5 Å². The van der Waals surface area contributed by atoms with Gasteiger partial charge in [0.2, 0.25) is 11.8 Å². The number of furan rings is 1. The van der Waals surface area contributed by atoms with Gasteiger partial charge < -0.3 is 19.1 Å². The van der Waals surface area contributed by atoms with E-state index in [-0.39, 0.29) is 23.6 Å². The van der Waals surface area contributed by atoms with Crippen molar-refractivity contribution in [2.75, 3.05) is 39.8 Å². The number of rotatable bonds is 2. The molecule has 7 nitrogen and oxygen atoms in total. The fourth-order valence-corrected chi connectivity index (χ4v) is 3.87. The van der Waals surface area contributed by atoms with E-state index in [9.17, 15) is 14.4 Å². The molecule has 0 N–H and O–H groups in total. The molecule has 2 saturated heterocycles. The Kier molecular flexibility index (Phi) is 4.58. The van der Waals surface area contributed by atoms with Crippen molar-refractivity contribution >= 4 is 17.7 Å². The molecular weight excluding hydrogens is 322 g/mol. The minimum atomic E-state index is -0.410. The van der Waals surface area contributed by atoms with Gasteiger partial charge in [0.25, 0.3) is 5.91 Å². The highest BCUT2D eigenvalue weighted by atomic mass is 16.3. The third-order valence-electron chi connectivity index (χ3n) is 5.08. The lowest BCUT2D eigenvalue weighted by atomic mass is 9.85. The molecule has 25 heavy (non-hydrogen) atoms. The van der Waals surface area contributed by atoms with Crippen LogP contribution in [-0.2, 0) is 9.59 Å². The van der Waals surface area contributed by atoms with Gasteiger partial charge in [-0.25, -0.2) is 0 Å². The van der Waals surface area contributed by atoms with Crippen LogP contribution in [0.4, 0.5) is 0 Å². The predicted molar refractivity (Wildman–Crippen MR) is 90.7 cm³/mol. The van der Waals surface area contributed by atoms with Crippen molar-refractivity contribution < 1.29 is 18.8 Å². The molecule has 3 rings (SSSR count). The van der Waals surface area contributed by atoms with Crippen LogP contribution in [-0.4, -0.2) is 72.2 Å². The van der Waals surface area contributed by atoms with Gasteiger partial charge in [0.1, 0.15) is 6.26 Å². The number of amides is 3. The van der Waals surface area contributed by atoms with Gasteiger partial charge in [-0.05, 0) is 6.07 Å². The molecule has 2 aliphatic heterocycles. The summed E-state index contributed by atoms with van der Waals surface area (Å²) in [7, 11) is 1.78. The van der Waals surface area contributed by atoms with E-state index in [0.29, 0.717) is 44.7 Å². The van der Waals surface area contributed by atoms with Gasteiger partial charge in [0.15, 0.2) is 0 Å². The summed E-state index contributed by atoms with van der Waals surface area (Å²) in [5.41, 5.74) is 0.0863. The van der Waals surface area contributed by atoms with E-state index in [2.05, 4.69) is 0 Å². The van der Waals surface area contributed by atoms with Gasteiger partial charge in [0.05, 0.1) is 11.8 Å². The lowest BCUT2D eigenvalue weighted by molar-refractivity contribution is -0.135. The Morgan fingerprint density at radius 1 is 1.16 bits per heavy atom. The van der Waals surface area contributed by atoms with Crippen molar-refractivity contribution in [2.45, 2.75) is 20.3 Å². The Morgan fingerprint density at radius 2 is 1.84 bits per heavy atom. The van der Waals surface area contributed by atoms with Crippen LogP contribution in [0.5, 0.6) is 0 Å². The first-order valence-corrected chi connectivity index (χ1v) is 8.65. The maximum absolute atomic E-state index is 12.8. The summed E-state index contributed by atoms with van der Waals surface area (Å²) in [6, 6.07) is 1.64. The Hall–Kier alpha value is -2.31. The van der Waals surface area contributed by atoms with Crippen LogP contribution in [0.15, 0.2) is 23.0 Å². The minimum Gasteiger partial charge on any atom is -0.472 e. The van der Waals surface area contributed by atoms with E-state index in [1.54, 1.807) is 22.9 Å². The smallest absolute Gasteiger partial charge is 0.257 e. The molecule has 0 aliphatic carbocycles. The van der Waals surface area contributed by atoms with Crippen LogP contribution in [0.25, 0.3) is 0 Å². The Bertz CT molecular complexity index is 670. The van der Waals surface area contributed by atoms with Crippen LogP contribution < -0.4 is 0 Å². The number of nitrogens with zero attached hydrogens (tertiary/aromatic N) is 3. The Morgan fingerprint density at radius 3 is 2.40 bits per heavy atom. The molecule has 1 atom stereocenters. The first-order valence-electron chi connectivity index (χ1n) is 8.65. The van der Waals surface area contributed by atoms with Crippen LogP contribution >= 0.6 is 0 Å². The maximum Gasteiger partial charge on any atom is 0.257 e. The van der Waals surface area contributed by atoms with Crippen molar-refractivity contribution in [1.82, 2.24) is 14.7 Å². The van der Waals surface area contributed by atoms with E-state index in [4.69, 9.17) is 4.42 Å². The largest absolute Gasteiger partial charge is 0.472 e. The van der Waals surface area contributed by atoms with Crippen LogP contribution in [0.3, 0.4) is 0 Å². The van der Waals surface area contributed by atoms with Crippen molar-refractivity contribution in [2.24, 2.45) is 11.3 Å². The Balaban J connectivity index is 1.88. The highest BCUT2D eigenvalue weighted by Gasteiger charge is 2.47. The van der Waals surface area contributed by atoms with Crippen LogP contribution in [0, 0.1) is 11.3 Å². The minimum absolute atomic E-state index is 0.0644. The zero-order valence-electron chi connectivity index (χ0n) is 15.0. The summed E-state index contributed by atoms with van der Waals surface area (Å²) in [5, 5.41) is 0. The van der Waals surface area contributed by atoms with Gasteiger partial charge in [-0.3, -0.25) is 14.4 Å². The van der Waals surface area contributed by atoms with E-state index in [1.165, 1.54) is 12.5 Å². The van der Waals surface area contributed by atoms with Crippen LogP contribution in [0.1, 0.15) is 30.6 Å². The molecule has 2 aliphatic rings. The highest BCUT2D eigenvalue weighted by molar-refractivity contribution is 5.94. The molecule has 1 spiro atoms. The van der Waals surface area contributed by atoms with Gasteiger partial charge in [-0.1, -0.05) is 13.8 Å². The van der Waals surface area contributed by atoms with Gasteiger partial charge in [-0.2, -0.15) is 0 Å². The number of carbonyl (C=O) groups excluding carboxylic acids is 3. The summed E-state index contributed by atoms with van der Waals surface area (Å²) < 4.78 is 5.03. The molecule has 1 aromatic rings. The van der Waals surface area contributed by atoms with Crippen LogP contribution in [0.2, 0.25) is 0 Å². The first kappa shape index (κ1) is 17.5. The molecule has 3 amide bonds. The molecule has 0 saturated carbocycles. The average molecular weight is 347 g/mol. The summed E-state index contributed by atoms with van der Waals surface area (Å²) >= 11 is 0. The molecule has 0 radical (unpaired) electrons. The number of hydrogen-bond acceptors (Lipinski definition) is 4. The summed E-state index contributed by atoms with van der Waals surface area (Å²) in [4.78, 5) is 42.8. The third kappa shape index (κ3) is 3.41. The first-order chi connectivity index (χ1) is 11.8. The average Bonchev–Trinajstić information content (AvgIpc) is 3.13. The predicted octanol–water partition coefficient (Wildman–Crippen LogP) is 1.07. The summed E-state index contributed by atoms with van der Waals surface area (Å²) in [5.74, 6) is -0.0921. The molecule has 3 heterocycles. The second kappa shape index (κ2) is 6.54. The quantitative estimate of drug-likeness (QED) is 0.802. The maximum atomic E-state index is 12.8. The lowest BCUT2D eigenvalue weighted by Gasteiger charge is -2.33. The SMILES string of the molecule is CC(C)C(=O)N1CCN(C(=O)c2ccoc2)CC2(CC(=O)N(C)C2)C1. The van der Waals surface area contributed by atoms with Crippen molar-refractivity contribution in [3.05, 3.63) is 24.2 Å². The molecule has 1 aromatic heterocycles. The molecule has 136 valence electrons. The van der Waals surface area contributed by atoms with E-state index in [1.807, 2.05) is 18.7 Å². The number of hydrogen-bond donors (Lipinski definition) is 0. The van der Waals surface area contributed by atoms with E-state index >= 15 is 0 Å². The fraction of sp³-hybridized carbons (Fsp3) is 0.611. The van der Waals surface area contributed by atoms with Gasteiger partial charge in [-0.15, -0.1) is 0 Å². The summed E-state index contributed by atoms with van der Waals surface area (Å²) in [6.45, 7) is 6.23. The number of likely N-dealkylation sites (tertiary alicyclic amines) is 1. The van der Waals surface area contributed by atoms with Crippen molar-refractivity contribution in [3.63, 3.8) is 0 Å². The third-order valence-corrected chi connectivity index (χ3v) is 5.08. The van der Waals surface area contributed by atoms with Crippen molar-refractivity contribution in [1.29, 1.82) is 0 Å². The fourth-order valence-electron chi connectivity index (χ4n) is 3.87. The topological polar surface area (TPSA) is 74.1 Å². The second-order valence-corrected chi connectivity index (χ2v) is 7.58. The zero-order valence-corrected chi connectivity index (χ0v) is 15.0. The van der Waals surface area contributed by atoms with Crippen molar-refractivity contribution in [3.8, 4) is 0 Å². The standard InChI is InChI=1S/C18H25N3O4/c1-13(2)16(23)20-5-6-21(17(24)14-4-7-25-9-14)12-18(11-20)8-15(22)19(3)10-18/h4,7,9,13H,5-6,8,10-12H2,1-3H3. The molecule has 2 fully saturated rings. The van der Waals surface area contributed by atoms with E-state index < -0.39 is 5.41 Å². The number of carbonyl (C=O) groups is 3. The second-order valence-electron chi connectivity index (χ2n) is 7.58. The monoisotopic (exact) mass is 347 g/mol. The normalized spacial score (nSPS) is 24.3.